The Morgan fingerprint density at radius 1 is 0.545 bits per heavy atom. The summed E-state index contributed by atoms with van der Waals surface area (Å²) in [6.45, 7) is 0. The molecule has 0 aliphatic rings. The Morgan fingerprint density at radius 3 is 1.32 bits per heavy atom. The van der Waals surface area contributed by atoms with Crippen LogP contribution in [-0.4, -0.2) is 0 Å². The van der Waals surface area contributed by atoms with Crippen LogP contribution in [0.15, 0.2) is 91.0 Å². The first-order valence-electron chi connectivity index (χ1n) is 7.75. The van der Waals surface area contributed by atoms with Crippen LogP contribution in [0.2, 0.25) is 0 Å². The third-order valence-corrected chi connectivity index (χ3v) is 4.12. The van der Waals surface area contributed by atoms with Gasteiger partial charge in [0, 0.05) is 12.0 Å². The van der Waals surface area contributed by atoms with Crippen LogP contribution in [0, 0.1) is 0 Å². The minimum atomic E-state index is 0.0339. The predicted octanol–water partition coefficient (Wildman–Crippen LogP) is 4.91. The van der Waals surface area contributed by atoms with Crippen molar-refractivity contribution >= 4 is 0 Å². The average Bonchev–Trinajstić information content (AvgIpc) is 2.62. The molecule has 0 spiro atoms. The summed E-state index contributed by atoms with van der Waals surface area (Å²) < 4.78 is 0. The van der Waals surface area contributed by atoms with Crippen molar-refractivity contribution in [1.29, 1.82) is 0 Å². The zero-order valence-electron chi connectivity index (χ0n) is 12.6. The van der Waals surface area contributed by atoms with E-state index in [1.165, 1.54) is 16.7 Å². The Labute approximate surface area is 132 Å². The smallest absolute Gasteiger partial charge is 0.0303 e. The van der Waals surface area contributed by atoms with Crippen LogP contribution in [0.5, 0.6) is 0 Å². The molecule has 0 amide bonds. The number of hydrogen-bond acceptors (Lipinski definition) is 1. The second kappa shape index (κ2) is 7.06. The van der Waals surface area contributed by atoms with E-state index in [4.69, 9.17) is 5.73 Å². The highest BCUT2D eigenvalue weighted by atomic mass is 14.6. The van der Waals surface area contributed by atoms with Gasteiger partial charge in [-0.05, 0) is 23.1 Å². The zero-order chi connectivity index (χ0) is 15.2. The maximum absolute atomic E-state index is 6.47. The van der Waals surface area contributed by atoms with Crippen LogP contribution in [0.1, 0.15) is 35.1 Å². The summed E-state index contributed by atoms with van der Waals surface area (Å²) in [5.41, 5.74) is 10.3. The molecule has 0 unspecified atom stereocenters. The molecule has 0 aliphatic heterocycles. The van der Waals surface area contributed by atoms with Gasteiger partial charge in [-0.25, -0.2) is 0 Å². The van der Waals surface area contributed by atoms with Gasteiger partial charge in [0.1, 0.15) is 0 Å². The maximum atomic E-state index is 6.47. The fraction of sp³-hybridized carbons (Fsp3) is 0.143. The van der Waals surface area contributed by atoms with Crippen molar-refractivity contribution in [3.63, 3.8) is 0 Å². The Balaban J connectivity index is 1.90. The van der Waals surface area contributed by atoms with Gasteiger partial charge < -0.3 is 5.73 Å². The first-order valence-corrected chi connectivity index (χ1v) is 7.75. The van der Waals surface area contributed by atoms with Gasteiger partial charge in [-0.3, -0.25) is 0 Å². The predicted molar refractivity (Wildman–Crippen MR) is 92.7 cm³/mol. The van der Waals surface area contributed by atoms with Crippen LogP contribution in [0.4, 0.5) is 0 Å². The molecule has 0 radical (unpaired) electrons. The molecule has 0 aliphatic carbocycles. The van der Waals surface area contributed by atoms with Crippen molar-refractivity contribution in [2.24, 2.45) is 5.73 Å². The van der Waals surface area contributed by atoms with Crippen LogP contribution in [-0.2, 0) is 0 Å². The SMILES string of the molecule is N[C@@H](CC(c1ccccc1)c1ccccc1)c1ccccc1. The minimum Gasteiger partial charge on any atom is -0.324 e. The summed E-state index contributed by atoms with van der Waals surface area (Å²) in [6.07, 6.45) is 0.901. The van der Waals surface area contributed by atoms with Crippen LogP contribution >= 0.6 is 0 Å². The average molecular weight is 287 g/mol. The molecule has 0 saturated heterocycles. The quantitative estimate of drug-likeness (QED) is 0.709. The molecule has 3 aromatic carbocycles. The first-order chi connectivity index (χ1) is 10.8. The highest BCUT2D eigenvalue weighted by Gasteiger charge is 2.18. The monoisotopic (exact) mass is 287 g/mol. The number of nitrogens with two attached hydrogens (primary N) is 1. The summed E-state index contributed by atoms with van der Waals surface area (Å²) in [7, 11) is 0. The van der Waals surface area contributed by atoms with Crippen LogP contribution in [0.3, 0.4) is 0 Å². The molecule has 2 N–H and O–H groups in total. The van der Waals surface area contributed by atoms with Crippen LogP contribution < -0.4 is 5.73 Å². The molecule has 0 bridgehead atoms. The highest BCUT2D eigenvalue weighted by molar-refractivity contribution is 5.33. The van der Waals surface area contributed by atoms with E-state index in [-0.39, 0.29) is 6.04 Å². The molecule has 3 aromatic rings. The summed E-state index contributed by atoms with van der Waals surface area (Å²) in [5.74, 6) is 0.317. The van der Waals surface area contributed by atoms with E-state index in [1.807, 2.05) is 6.07 Å². The number of rotatable bonds is 5. The first kappa shape index (κ1) is 14.6. The summed E-state index contributed by atoms with van der Waals surface area (Å²) in [6, 6.07) is 31.6. The van der Waals surface area contributed by atoms with E-state index in [0.29, 0.717) is 5.92 Å². The molecule has 110 valence electrons. The van der Waals surface area contributed by atoms with Crippen molar-refractivity contribution in [2.75, 3.05) is 0 Å². The normalized spacial score (nSPS) is 12.3. The van der Waals surface area contributed by atoms with Gasteiger partial charge in [-0.1, -0.05) is 91.0 Å². The van der Waals surface area contributed by atoms with E-state index in [1.54, 1.807) is 0 Å². The standard InChI is InChI=1S/C21H21N/c22-21(19-14-8-3-9-15-19)16-20(17-10-4-1-5-11-17)18-12-6-2-7-13-18/h1-15,20-21H,16,22H2/t21-/m0/s1. The lowest BCUT2D eigenvalue weighted by atomic mass is 9.84. The minimum absolute atomic E-state index is 0.0339. The molecule has 0 saturated carbocycles. The fourth-order valence-corrected chi connectivity index (χ4v) is 2.93. The lowest BCUT2D eigenvalue weighted by Gasteiger charge is -2.22. The van der Waals surface area contributed by atoms with Crippen molar-refractivity contribution in [2.45, 2.75) is 18.4 Å². The van der Waals surface area contributed by atoms with Gasteiger partial charge >= 0.3 is 0 Å². The van der Waals surface area contributed by atoms with Crippen molar-refractivity contribution in [3.8, 4) is 0 Å². The molecular weight excluding hydrogens is 266 g/mol. The highest BCUT2D eigenvalue weighted by Crippen LogP contribution is 2.32. The van der Waals surface area contributed by atoms with E-state index in [9.17, 15) is 0 Å². The molecule has 0 fully saturated rings. The molecule has 22 heavy (non-hydrogen) atoms. The molecule has 1 atom stereocenters. The summed E-state index contributed by atoms with van der Waals surface area (Å²) >= 11 is 0. The molecule has 0 aromatic heterocycles. The second-order valence-electron chi connectivity index (χ2n) is 5.63. The van der Waals surface area contributed by atoms with Crippen molar-refractivity contribution < 1.29 is 0 Å². The summed E-state index contributed by atoms with van der Waals surface area (Å²) in [4.78, 5) is 0. The van der Waals surface area contributed by atoms with E-state index in [2.05, 4.69) is 84.9 Å². The molecule has 1 nitrogen and oxygen atoms in total. The Kier molecular flexibility index (Phi) is 4.67. The Bertz CT molecular complexity index is 637. The Morgan fingerprint density at radius 2 is 0.909 bits per heavy atom. The third kappa shape index (κ3) is 3.44. The number of benzene rings is 3. The zero-order valence-corrected chi connectivity index (χ0v) is 12.6. The van der Waals surface area contributed by atoms with Gasteiger partial charge in [-0.2, -0.15) is 0 Å². The van der Waals surface area contributed by atoms with Gasteiger partial charge in [0.05, 0.1) is 0 Å². The molecule has 3 rings (SSSR count). The molecular formula is C21H21N. The van der Waals surface area contributed by atoms with Gasteiger partial charge in [0.2, 0.25) is 0 Å². The molecule has 1 heteroatoms. The van der Waals surface area contributed by atoms with Gasteiger partial charge in [-0.15, -0.1) is 0 Å². The van der Waals surface area contributed by atoms with E-state index < -0.39 is 0 Å². The Hall–Kier alpha value is -2.38. The van der Waals surface area contributed by atoms with Gasteiger partial charge in [0.25, 0.3) is 0 Å². The number of hydrogen-bond donors (Lipinski definition) is 1. The lowest BCUT2D eigenvalue weighted by molar-refractivity contribution is 0.596. The lowest BCUT2D eigenvalue weighted by Crippen LogP contribution is -2.15. The van der Waals surface area contributed by atoms with Gasteiger partial charge in [0.15, 0.2) is 0 Å². The van der Waals surface area contributed by atoms with Crippen molar-refractivity contribution in [3.05, 3.63) is 108 Å². The van der Waals surface area contributed by atoms with Crippen LogP contribution in [0.25, 0.3) is 0 Å². The van der Waals surface area contributed by atoms with Crippen molar-refractivity contribution in [1.82, 2.24) is 0 Å². The topological polar surface area (TPSA) is 26.0 Å². The van der Waals surface area contributed by atoms with E-state index >= 15 is 0 Å². The maximum Gasteiger partial charge on any atom is 0.0303 e. The van der Waals surface area contributed by atoms with E-state index in [0.717, 1.165) is 6.42 Å². The molecule has 0 heterocycles. The second-order valence-corrected chi connectivity index (χ2v) is 5.63. The third-order valence-electron chi connectivity index (χ3n) is 4.12. The largest absolute Gasteiger partial charge is 0.324 e. The summed E-state index contributed by atoms with van der Waals surface area (Å²) in [5, 5.41) is 0. The fourth-order valence-electron chi connectivity index (χ4n) is 2.93.